The van der Waals surface area contributed by atoms with Crippen LogP contribution in [-0.2, 0) is 0 Å². The molecule has 0 spiro atoms. The van der Waals surface area contributed by atoms with Gasteiger partial charge in [0, 0.05) is 15.6 Å². The minimum absolute atomic E-state index is 0.746. The van der Waals surface area contributed by atoms with Crippen molar-refractivity contribution in [3.05, 3.63) is 82.8 Å². The molecule has 2 heteroatoms. The van der Waals surface area contributed by atoms with E-state index in [0.29, 0.717) is 0 Å². The molecule has 0 aliphatic rings. The van der Waals surface area contributed by atoms with Crippen LogP contribution >= 0.6 is 23.2 Å². The summed E-state index contributed by atoms with van der Waals surface area (Å²) in [4.78, 5) is 0. The second kappa shape index (κ2) is 5.70. The van der Waals surface area contributed by atoms with Gasteiger partial charge in [0.15, 0.2) is 0 Å². The highest BCUT2D eigenvalue weighted by molar-refractivity contribution is 6.33. The van der Waals surface area contributed by atoms with E-state index in [1.807, 2.05) is 54.6 Å². The number of halogens is 2. The third-order valence-corrected chi connectivity index (χ3v) is 3.81. The van der Waals surface area contributed by atoms with Crippen LogP contribution in [0.3, 0.4) is 0 Å². The van der Waals surface area contributed by atoms with E-state index in [0.717, 1.165) is 32.3 Å². The van der Waals surface area contributed by atoms with E-state index >= 15 is 0 Å². The molecule has 3 aromatic carbocycles. The Labute approximate surface area is 128 Å². The fourth-order valence-electron chi connectivity index (χ4n) is 2.20. The summed E-state index contributed by atoms with van der Waals surface area (Å²) >= 11 is 12.2. The first-order valence-corrected chi connectivity index (χ1v) is 7.10. The van der Waals surface area contributed by atoms with Crippen molar-refractivity contribution in [3.8, 4) is 22.3 Å². The zero-order valence-corrected chi connectivity index (χ0v) is 12.2. The maximum atomic E-state index is 6.26. The van der Waals surface area contributed by atoms with E-state index < -0.39 is 0 Å². The molecule has 0 nitrogen and oxygen atoms in total. The van der Waals surface area contributed by atoms with Gasteiger partial charge in [0.25, 0.3) is 0 Å². The summed E-state index contributed by atoms with van der Waals surface area (Å²) in [5.74, 6) is 0. The lowest BCUT2D eigenvalue weighted by Crippen LogP contribution is -1.82. The molecule has 0 atom stereocenters. The molecule has 0 aliphatic carbocycles. The normalized spacial score (nSPS) is 10.5. The minimum Gasteiger partial charge on any atom is -0.0843 e. The van der Waals surface area contributed by atoms with E-state index in [1.54, 1.807) is 0 Å². The van der Waals surface area contributed by atoms with Crippen molar-refractivity contribution in [1.82, 2.24) is 0 Å². The number of rotatable bonds is 2. The van der Waals surface area contributed by atoms with Crippen molar-refractivity contribution in [2.75, 3.05) is 0 Å². The van der Waals surface area contributed by atoms with E-state index in [-0.39, 0.29) is 0 Å². The standard InChI is InChI=1S/C18H12Cl2/c19-16-10-8-13(9-11-16)14-4-3-5-15(12-14)17-6-1-2-7-18(17)20/h1-12H. The molecule has 0 heterocycles. The Balaban J connectivity index is 2.06. The van der Waals surface area contributed by atoms with Gasteiger partial charge in [-0.3, -0.25) is 0 Å². The molecule has 20 heavy (non-hydrogen) atoms. The second-order valence-corrected chi connectivity index (χ2v) is 5.41. The lowest BCUT2D eigenvalue weighted by molar-refractivity contribution is 1.59. The Morgan fingerprint density at radius 1 is 0.550 bits per heavy atom. The van der Waals surface area contributed by atoms with Gasteiger partial charge in [-0.2, -0.15) is 0 Å². The van der Waals surface area contributed by atoms with Crippen LogP contribution in [0.4, 0.5) is 0 Å². The molecule has 0 amide bonds. The first-order chi connectivity index (χ1) is 9.74. The van der Waals surface area contributed by atoms with Gasteiger partial charge < -0.3 is 0 Å². The molecular weight excluding hydrogens is 287 g/mol. The Morgan fingerprint density at radius 3 is 2.00 bits per heavy atom. The van der Waals surface area contributed by atoms with Crippen LogP contribution in [0.2, 0.25) is 10.0 Å². The minimum atomic E-state index is 0.746. The van der Waals surface area contributed by atoms with Gasteiger partial charge in [-0.25, -0.2) is 0 Å². The topological polar surface area (TPSA) is 0 Å². The lowest BCUT2D eigenvalue weighted by atomic mass is 9.99. The lowest BCUT2D eigenvalue weighted by Gasteiger charge is -2.07. The number of hydrogen-bond acceptors (Lipinski definition) is 0. The Kier molecular flexibility index (Phi) is 3.77. The highest BCUT2D eigenvalue weighted by Crippen LogP contribution is 2.31. The molecule has 0 N–H and O–H groups in total. The number of hydrogen-bond donors (Lipinski definition) is 0. The average Bonchev–Trinajstić information content (AvgIpc) is 2.49. The quantitative estimate of drug-likeness (QED) is 0.519. The Hall–Kier alpha value is -1.76. The summed E-state index contributed by atoms with van der Waals surface area (Å²) < 4.78 is 0. The van der Waals surface area contributed by atoms with Crippen LogP contribution in [0.5, 0.6) is 0 Å². The third kappa shape index (κ3) is 2.72. The Morgan fingerprint density at radius 2 is 1.25 bits per heavy atom. The monoisotopic (exact) mass is 298 g/mol. The van der Waals surface area contributed by atoms with Crippen molar-refractivity contribution < 1.29 is 0 Å². The van der Waals surface area contributed by atoms with Crippen molar-refractivity contribution in [2.24, 2.45) is 0 Å². The van der Waals surface area contributed by atoms with Crippen molar-refractivity contribution in [2.45, 2.75) is 0 Å². The molecule has 0 aromatic heterocycles. The summed E-state index contributed by atoms with van der Waals surface area (Å²) in [7, 11) is 0. The van der Waals surface area contributed by atoms with Gasteiger partial charge in [0.05, 0.1) is 0 Å². The summed E-state index contributed by atoms with van der Waals surface area (Å²) in [5, 5.41) is 1.51. The average molecular weight is 299 g/mol. The molecule has 98 valence electrons. The highest BCUT2D eigenvalue weighted by Gasteiger charge is 2.04. The molecule has 0 fully saturated rings. The van der Waals surface area contributed by atoms with Gasteiger partial charge in [-0.05, 0) is 41.0 Å². The van der Waals surface area contributed by atoms with Crippen LogP contribution in [0.25, 0.3) is 22.3 Å². The molecule has 3 aromatic rings. The zero-order chi connectivity index (χ0) is 13.9. The first kappa shape index (κ1) is 13.2. The van der Waals surface area contributed by atoms with Gasteiger partial charge in [-0.15, -0.1) is 0 Å². The number of benzene rings is 3. The predicted molar refractivity (Wildman–Crippen MR) is 87.3 cm³/mol. The van der Waals surface area contributed by atoms with Crippen LogP contribution < -0.4 is 0 Å². The summed E-state index contributed by atoms with van der Waals surface area (Å²) in [6, 6.07) is 24.1. The van der Waals surface area contributed by atoms with Crippen molar-refractivity contribution in [3.63, 3.8) is 0 Å². The zero-order valence-electron chi connectivity index (χ0n) is 10.7. The van der Waals surface area contributed by atoms with E-state index in [4.69, 9.17) is 23.2 Å². The van der Waals surface area contributed by atoms with E-state index in [9.17, 15) is 0 Å². The van der Waals surface area contributed by atoms with Crippen molar-refractivity contribution in [1.29, 1.82) is 0 Å². The third-order valence-electron chi connectivity index (χ3n) is 3.22. The van der Waals surface area contributed by atoms with Crippen molar-refractivity contribution >= 4 is 23.2 Å². The van der Waals surface area contributed by atoms with Gasteiger partial charge >= 0.3 is 0 Å². The molecule has 0 saturated carbocycles. The Bertz CT molecular complexity index is 730. The fraction of sp³-hybridized carbons (Fsp3) is 0. The second-order valence-electron chi connectivity index (χ2n) is 4.57. The fourth-order valence-corrected chi connectivity index (χ4v) is 2.57. The molecule has 0 saturated heterocycles. The molecule has 3 rings (SSSR count). The van der Waals surface area contributed by atoms with Crippen LogP contribution in [0.15, 0.2) is 72.8 Å². The largest absolute Gasteiger partial charge is 0.0843 e. The SMILES string of the molecule is Clc1ccc(-c2cccc(-c3ccccc3Cl)c2)cc1. The molecule has 0 bridgehead atoms. The summed E-state index contributed by atoms with van der Waals surface area (Å²) in [5.41, 5.74) is 4.45. The van der Waals surface area contributed by atoms with Gasteiger partial charge in [-0.1, -0.05) is 71.7 Å². The maximum Gasteiger partial charge on any atom is 0.0484 e. The molecule has 0 unspecified atom stereocenters. The van der Waals surface area contributed by atoms with E-state index in [2.05, 4.69) is 18.2 Å². The summed E-state index contributed by atoms with van der Waals surface area (Å²) in [6.07, 6.45) is 0. The molecule has 0 aliphatic heterocycles. The molecular formula is C18H12Cl2. The highest BCUT2D eigenvalue weighted by atomic mass is 35.5. The maximum absolute atomic E-state index is 6.26. The van der Waals surface area contributed by atoms with Gasteiger partial charge in [0.2, 0.25) is 0 Å². The molecule has 0 radical (unpaired) electrons. The van der Waals surface area contributed by atoms with Crippen LogP contribution in [-0.4, -0.2) is 0 Å². The predicted octanol–water partition coefficient (Wildman–Crippen LogP) is 6.33. The summed E-state index contributed by atoms with van der Waals surface area (Å²) in [6.45, 7) is 0. The smallest absolute Gasteiger partial charge is 0.0484 e. The van der Waals surface area contributed by atoms with Crippen LogP contribution in [0.1, 0.15) is 0 Å². The van der Waals surface area contributed by atoms with Gasteiger partial charge in [0.1, 0.15) is 0 Å². The first-order valence-electron chi connectivity index (χ1n) is 6.35. The van der Waals surface area contributed by atoms with Crippen LogP contribution in [0, 0.1) is 0 Å². The van der Waals surface area contributed by atoms with E-state index in [1.165, 1.54) is 0 Å².